The summed E-state index contributed by atoms with van der Waals surface area (Å²) in [4.78, 5) is 11.2. The summed E-state index contributed by atoms with van der Waals surface area (Å²) in [6.45, 7) is 4.39. The van der Waals surface area contributed by atoms with Crippen molar-refractivity contribution in [3.05, 3.63) is 0 Å². The van der Waals surface area contributed by atoms with Crippen LogP contribution in [0.1, 0.15) is 40.0 Å². The number of carbonyl (C=O) groups is 1. The van der Waals surface area contributed by atoms with Crippen LogP contribution in [0.25, 0.3) is 0 Å². The van der Waals surface area contributed by atoms with Crippen LogP contribution in [-0.2, 0) is 23.7 Å². The summed E-state index contributed by atoms with van der Waals surface area (Å²) >= 11 is 0. The number of carbonyl (C=O) groups excluding carboxylic acids is 1. The Morgan fingerprint density at radius 3 is 2.39 bits per heavy atom. The van der Waals surface area contributed by atoms with Gasteiger partial charge in [0.1, 0.15) is 36.3 Å². The van der Waals surface area contributed by atoms with Crippen LogP contribution in [0.5, 0.6) is 0 Å². The minimum absolute atomic E-state index is 0.0397. The molecule has 2 rings (SSSR count). The average molecular weight is 408 g/mol. The number of hydrogen-bond donors (Lipinski definition) is 5. The molecule has 0 aromatic heterocycles. The molecule has 10 heteroatoms. The molecule has 28 heavy (non-hydrogen) atoms. The second kappa shape index (κ2) is 10.4. The predicted molar refractivity (Wildman–Crippen MR) is 94.1 cm³/mol. The molecular formula is C18H32O10. The van der Waals surface area contributed by atoms with E-state index in [4.69, 9.17) is 18.9 Å². The Morgan fingerprint density at radius 1 is 1.11 bits per heavy atom. The number of rotatable bonds is 8. The second-order valence-electron chi connectivity index (χ2n) is 7.57. The first-order valence-electron chi connectivity index (χ1n) is 9.58. The normalized spacial score (nSPS) is 42.9. The molecule has 5 N–H and O–H groups in total. The van der Waals surface area contributed by atoms with Crippen molar-refractivity contribution < 1.29 is 49.3 Å². The molecule has 2 heterocycles. The molecule has 0 radical (unpaired) electrons. The van der Waals surface area contributed by atoms with Gasteiger partial charge < -0.3 is 49.3 Å². The van der Waals surface area contributed by atoms with Crippen LogP contribution in [0.2, 0.25) is 0 Å². The Morgan fingerprint density at radius 2 is 1.79 bits per heavy atom. The smallest absolute Gasteiger partial charge is 0.187 e. The maximum atomic E-state index is 11.2. The highest BCUT2D eigenvalue weighted by Crippen LogP contribution is 2.30. The lowest BCUT2D eigenvalue weighted by molar-refractivity contribution is -0.352. The van der Waals surface area contributed by atoms with Crippen LogP contribution in [-0.4, -0.2) is 99.3 Å². The van der Waals surface area contributed by atoms with Gasteiger partial charge in [-0.25, -0.2) is 0 Å². The van der Waals surface area contributed by atoms with Gasteiger partial charge in [-0.1, -0.05) is 0 Å². The Hall–Kier alpha value is -0.690. The van der Waals surface area contributed by atoms with E-state index < -0.39 is 61.9 Å². The van der Waals surface area contributed by atoms with Crippen LogP contribution in [0.3, 0.4) is 0 Å². The molecule has 0 spiro atoms. The average Bonchev–Trinajstić information content (AvgIpc) is 2.64. The van der Waals surface area contributed by atoms with Crippen LogP contribution >= 0.6 is 0 Å². The number of hydrogen-bond acceptors (Lipinski definition) is 10. The van der Waals surface area contributed by atoms with E-state index in [2.05, 4.69) is 0 Å². The zero-order valence-electron chi connectivity index (χ0n) is 16.4. The molecule has 0 aromatic carbocycles. The van der Waals surface area contributed by atoms with E-state index in [0.717, 1.165) is 0 Å². The van der Waals surface area contributed by atoms with E-state index >= 15 is 0 Å². The lowest BCUT2D eigenvalue weighted by Gasteiger charge is -2.44. The highest BCUT2D eigenvalue weighted by atomic mass is 16.7. The molecular weight excluding hydrogens is 376 g/mol. The number of ketones is 1. The SMILES string of the molecule is CC(=O)CCC(C)OC1OC(C)C(O)CC1OC1OC(CO)C(O)C(O)C1O. The summed E-state index contributed by atoms with van der Waals surface area (Å²) in [6.07, 6.45) is -9.55. The van der Waals surface area contributed by atoms with Crippen molar-refractivity contribution in [1.29, 1.82) is 0 Å². The van der Waals surface area contributed by atoms with Gasteiger partial charge in [0.15, 0.2) is 12.6 Å². The number of aliphatic hydroxyl groups excluding tert-OH is 5. The van der Waals surface area contributed by atoms with Crippen molar-refractivity contribution >= 4 is 5.78 Å². The summed E-state index contributed by atoms with van der Waals surface area (Å²) in [5.74, 6) is 0.0397. The molecule has 164 valence electrons. The van der Waals surface area contributed by atoms with E-state index in [-0.39, 0.29) is 18.3 Å². The van der Waals surface area contributed by atoms with Gasteiger partial charge in [0, 0.05) is 12.8 Å². The second-order valence-corrected chi connectivity index (χ2v) is 7.57. The third-order valence-electron chi connectivity index (χ3n) is 5.09. The Balaban J connectivity index is 2.05. The molecule has 0 amide bonds. The molecule has 0 aliphatic carbocycles. The predicted octanol–water partition coefficient (Wildman–Crippen LogP) is -1.56. The molecule has 2 aliphatic rings. The zero-order chi connectivity index (χ0) is 21.0. The van der Waals surface area contributed by atoms with E-state index in [1.54, 1.807) is 13.8 Å². The monoisotopic (exact) mass is 408 g/mol. The third-order valence-corrected chi connectivity index (χ3v) is 5.09. The first-order chi connectivity index (χ1) is 13.1. The van der Waals surface area contributed by atoms with Gasteiger partial charge in [0.05, 0.1) is 24.9 Å². The largest absolute Gasteiger partial charge is 0.394 e. The Labute approximate surface area is 164 Å². The number of Topliss-reactive ketones (excluding diaryl/α,β-unsaturated/α-hetero) is 1. The highest BCUT2D eigenvalue weighted by molar-refractivity contribution is 5.75. The Kier molecular flexibility index (Phi) is 8.74. The number of ether oxygens (including phenoxy) is 4. The molecule has 0 bridgehead atoms. The van der Waals surface area contributed by atoms with Crippen molar-refractivity contribution in [3.63, 3.8) is 0 Å². The fourth-order valence-corrected chi connectivity index (χ4v) is 3.23. The van der Waals surface area contributed by atoms with Gasteiger partial charge in [-0.3, -0.25) is 0 Å². The first-order valence-corrected chi connectivity index (χ1v) is 9.58. The molecule has 2 fully saturated rings. The topological polar surface area (TPSA) is 155 Å². The lowest BCUT2D eigenvalue weighted by atomic mass is 9.98. The zero-order valence-corrected chi connectivity index (χ0v) is 16.4. The summed E-state index contributed by atoms with van der Waals surface area (Å²) in [5.41, 5.74) is 0. The molecule has 2 saturated heterocycles. The standard InChI is InChI=1S/C18H32O10/c1-8(20)4-5-9(2)25-17-12(6-11(21)10(3)26-17)27-18-16(24)15(23)14(22)13(7-19)28-18/h9-19,21-24H,4-7H2,1-3H3. The van der Waals surface area contributed by atoms with E-state index in [0.29, 0.717) is 12.8 Å². The molecule has 2 aliphatic heterocycles. The van der Waals surface area contributed by atoms with Gasteiger partial charge in [-0.05, 0) is 27.2 Å². The van der Waals surface area contributed by atoms with Crippen LogP contribution in [0.15, 0.2) is 0 Å². The maximum absolute atomic E-state index is 11.2. The molecule has 0 saturated carbocycles. The van der Waals surface area contributed by atoms with E-state index in [9.17, 15) is 30.3 Å². The van der Waals surface area contributed by atoms with Crippen molar-refractivity contribution in [2.75, 3.05) is 6.61 Å². The number of aliphatic hydroxyl groups is 5. The van der Waals surface area contributed by atoms with Gasteiger partial charge in [-0.15, -0.1) is 0 Å². The third kappa shape index (κ3) is 5.91. The van der Waals surface area contributed by atoms with Crippen molar-refractivity contribution in [3.8, 4) is 0 Å². The van der Waals surface area contributed by atoms with Gasteiger partial charge in [0.2, 0.25) is 0 Å². The Bertz CT molecular complexity index is 501. The van der Waals surface area contributed by atoms with Crippen LogP contribution < -0.4 is 0 Å². The minimum atomic E-state index is -1.57. The van der Waals surface area contributed by atoms with Crippen LogP contribution in [0.4, 0.5) is 0 Å². The fourth-order valence-electron chi connectivity index (χ4n) is 3.23. The summed E-state index contributed by atoms with van der Waals surface area (Å²) in [5, 5.41) is 49.4. The highest BCUT2D eigenvalue weighted by Gasteiger charge is 2.47. The lowest BCUT2D eigenvalue weighted by Crippen LogP contribution is -2.61. The molecule has 10 nitrogen and oxygen atoms in total. The molecule has 10 unspecified atom stereocenters. The van der Waals surface area contributed by atoms with Gasteiger partial charge in [0.25, 0.3) is 0 Å². The summed E-state index contributed by atoms with van der Waals surface area (Å²) in [6, 6.07) is 0. The van der Waals surface area contributed by atoms with Gasteiger partial charge in [-0.2, -0.15) is 0 Å². The summed E-state index contributed by atoms with van der Waals surface area (Å²) in [7, 11) is 0. The van der Waals surface area contributed by atoms with Crippen molar-refractivity contribution in [2.24, 2.45) is 0 Å². The minimum Gasteiger partial charge on any atom is -0.394 e. The van der Waals surface area contributed by atoms with Crippen molar-refractivity contribution in [2.45, 2.75) is 101 Å². The fraction of sp³-hybridized carbons (Fsp3) is 0.944. The van der Waals surface area contributed by atoms with Gasteiger partial charge >= 0.3 is 0 Å². The van der Waals surface area contributed by atoms with E-state index in [1.807, 2.05) is 0 Å². The quantitative estimate of drug-likeness (QED) is 0.318. The first kappa shape index (κ1) is 23.6. The molecule has 0 aromatic rings. The van der Waals surface area contributed by atoms with E-state index in [1.165, 1.54) is 6.92 Å². The van der Waals surface area contributed by atoms with Crippen LogP contribution in [0, 0.1) is 0 Å². The summed E-state index contributed by atoms with van der Waals surface area (Å²) < 4.78 is 22.6. The maximum Gasteiger partial charge on any atom is 0.187 e. The van der Waals surface area contributed by atoms with Crippen molar-refractivity contribution in [1.82, 2.24) is 0 Å². The molecule has 10 atom stereocenters.